The van der Waals surface area contributed by atoms with Crippen LogP contribution in [0.25, 0.3) is 0 Å². The molecule has 0 aromatic rings. The van der Waals surface area contributed by atoms with E-state index in [4.69, 9.17) is 0 Å². The number of hydrogen-bond donors (Lipinski definition) is 2. The summed E-state index contributed by atoms with van der Waals surface area (Å²) in [6.45, 7) is 14.2. The molecule has 4 atom stereocenters. The first kappa shape index (κ1) is 21.5. The molecule has 4 unspecified atom stereocenters. The molecule has 0 aromatic carbocycles. The van der Waals surface area contributed by atoms with E-state index in [0.717, 1.165) is 10.1 Å². The summed E-state index contributed by atoms with van der Waals surface area (Å²) in [5.41, 5.74) is -3.11. The summed E-state index contributed by atoms with van der Waals surface area (Å²) >= 11 is 0. The van der Waals surface area contributed by atoms with Gasteiger partial charge in [0.25, 0.3) is 0 Å². The molecule has 0 saturated carbocycles. The summed E-state index contributed by atoms with van der Waals surface area (Å²) in [4.78, 5) is 0. The van der Waals surface area contributed by atoms with E-state index in [-0.39, 0.29) is 10.1 Å². The molecule has 8 heteroatoms. The number of quaternary nitrogens is 2. The lowest BCUT2D eigenvalue weighted by atomic mass is 9.84. The van der Waals surface area contributed by atoms with Crippen molar-refractivity contribution in [1.82, 2.24) is 10.1 Å². The van der Waals surface area contributed by atoms with Crippen molar-refractivity contribution in [2.75, 3.05) is 0 Å². The van der Waals surface area contributed by atoms with Gasteiger partial charge in [-0.1, -0.05) is 22.3 Å². The van der Waals surface area contributed by atoms with Gasteiger partial charge >= 0.3 is 0 Å². The minimum atomic E-state index is -0.861. The van der Waals surface area contributed by atoms with E-state index in [0.29, 0.717) is 0 Å². The number of allylic oxidation sites excluding steroid dienone is 2. The van der Waals surface area contributed by atoms with Crippen LogP contribution < -0.4 is 10.1 Å². The lowest BCUT2D eigenvalue weighted by Gasteiger charge is -2.38. The van der Waals surface area contributed by atoms with Gasteiger partial charge < -0.3 is 20.5 Å². The molecule has 8 nitrogen and oxygen atoms in total. The Bertz CT molecular complexity index is 508. The molecule has 2 aliphatic rings. The fourth-order valence-corrected chi connectivity index (χ4v) is 3.47. The average Bonchev–Trinajstić information content (AvgIpc) is 2.72. The third kappa shape index (κ3) is 2.76. The molecule has 0 aromatic heterocycles. The predicted octanol–water partition coefficient (Wildman–Crippen LogP) is -0.0470. The van der Waals surface area contributed by atoms with Gasteiger partial charge in [-0.15, -0.1) is 10.4 Å². The zero-order valence-electron chi connectivity index (χ0n) is 17.0. The van der Waals surface area contributed by atoms with Crippen LogP contribution in [0.1, 0.15) is 55.4 Å². The van der Waals surface area contributed by atoms with Crippen molar-refractivity contribution in [3.05, 3.63) is 34.7 Å². The first-order valence-corrected chi connectivity index (χ1v) is 8.98. The lowest BCUT2D eigenvalue weighted by Crippen LogP contribution is -3.17. The molecule has 0 amide bonds. The van der Waals surface area contributed by atoms with Crippen molar-refractivity contribution in [3.63, 3.8) is 0 Å². The monoisotopic (exact) mass is 368 g/mol. The summed E-state index contributed by atoms with van der Waals surface area (Å²) in [6, 6.07) is 0. The minimum absolute atomic E-state index is 0.133. The van der Waals surface area contributed by atoms with Crippen molar-refractivity contribution in [3.8, 4) is 0 Å². The molecule has 0 aliphatic carbocycles. The van der Waals surface area contributed by atoms with Crippen molar-refractivity contribution >= 4 is 0 Å². The van der Waals surface area contributed by atoms with Crippen molar-refractivity contribution < 1.29 is 20.5 Å². The Morgan fingerprint density at radius 2 is 0.962 bits per heavy atom. The molecule has 2 radical (unpaired) electrons. The summed E-state index contributed by atoms with van der Waals surface area (Å²) < 4.78 is 0. The fourth-order valence-electron chi connectivity index (χ4n) is 3.47. The summed E-state index contributed by atoms with van der Waals surface area (Å²) in [5, 5.41) is 51.5. The van der Waals surface area contributed by atoms with Gasteiger partial charge in [-0.3, -0.25) is 0 Å². The summed E-state index contributed by atoms with van der Waals surface area (Å²) in [7, 11) is 0. The van der Waals surface area contributed by atoms with Gasteiger partial charge in [-0.25, -0.2) is 0 Å². The maximum atomic E-state index is 12.5. The van der Waals surface area contributed by atoms with Crippen LogP contribution in [0.5, 0.6) is 0 Å². The Kier molecular flexibility index (Phi) is 5.24. The second-order valence-electron chi connectivity index (χ2n) is 9.41. The molecule has 2 rings (SSSR count). The highest BCUT2D eigenvalue weighted by molar-refractivity contribution is 5.12. The van der Waals surface area contributed by atoms with Crippen LogP contribution in [0.2, 0.25) is 0 Å². The van der Waals surface area contributed by atoms with Crippen LogP contribution >= 0.6 is 0 Å². The molecule has 0 spiro atoms. The minimum Gasteiger partial charge on any atom is -0.632 e. The van der Waals surface area contributed by atoms with Crippen LogP contribution in [0.4, 0.5) is 0 Å². The second-order valence-corrected chi connectivity index (χ2v) is 9.41. The van der Waals surface area contributed by atoms with Gasteiger partial charge in [0.1, 0.15) is 22.2 Å². The molecule has 148 valence electrons. The third-order valence-electron chi connectivity index (χ3n) is 7.13. The van der Waals surface area contributed by atoms with Gasteiger partial charge in [0.2, 0.25) is 0 Å². The van der Waals surface area contributed by atoms with Gasteiger partial charge in [0, 0.05) is 0 Å². The van der Waals surface area contributed by atoms with Gasteiger partial charge in [0.15, 0.2) is 12.3 Å². The van der Waals surface area contributed by atoms with Gasteiger partial charge in [0.05, 0.1) is 0 Å². The van der Waals surface area contributed by atoms with Crippen LogP contribution in [0.15, 0.2) is 24.3 Å². The van der Waals surface area contributed by atoms with Crippen LogP contribution in [0, 0.1) is 10.4 Å². The third-order valence-corrected chi connectivity index (χ3v) is 7.13. The Balaban J connectivity index is 2.14. The standard InChI is InChI=1S/C18H32N4O4/c1-15(2)16(3,4)20(24)13(19(15)23)11-9-10-12-14-21(25)17(5,6)18(7,8)22(14)26/h9-14,19,21H,1-8H3/b11-9+,12-10+. The molecule has 2 saturated heterocycles. The van der Waals surface area contributed by atoms with E-state index in [1.165, 1.54) is 12.2 Å². The predicted molar refractivity (Wildman–Crippen MR) is 95.9 cm³/mol. The number of nitrogens with one attached hydrogen (secondary N) is 2. The molecule has 2 fully saturated rings. The second kappa shape index (κ2) is 6.35. The van der Waals surface area contributed by atoms with E-state index in [9.17, 15) is 20.8 Å². The lowest BCUT2D eigenvalue weighted by molar-refractivity contribution is -0.913. The van der Waals surface area contributed by atoms with E-state index >= 15 is 0 Å². The Hall–Kier alpha value is -0.840. The summed E-state index contributed by atoms with van der Waals surface area (Å²) in [5.74, 6) is 0. The average molecular weight is 368 g/mol. The maximum absolute atomic E-state index is 12.5. The topological polar surface area (TPSA) is 101 Å². The Morgan fingerprint density at radius 1 is 0.692 bits per heavy atom. The highest BCUT2D eigenvalue weighted by Crippen LogP contribution is 2.32. The molecular weight excluding hydrogens is 336 g/mol. The largest absolute Gasteiger partial charge is 0.632 e. The van der Waals surface area contributed by atoms with E-state index < -0.39 is 34.5 Å². The number of hydrogen-bond acceptors (Lipinski definition) is 4. The van der Waals surface area contributed by atoms with Crippen molar-refractivity contribution in [2.24, 2.45) is 0 Å². The van der Waals surface area contributed by atoms with Crippen LogP contribution in [-0.4, -0.2) is 44.6 Å². The van der Waals surface area contributed by atoms with E-state index in [1.807, 2.05) is 0 Å². The molecule has 26 heavy (non-hydrogen) atoms. The highest BCUT2D eigenvalue weighted by atomic mass is 16.6. The van der Waals surface area contributed by atoms with Crippen molar-refractivity contribution in [2.45, 2.75) is 89.9 Å². The van der Waals surface area contributed by atoms with E-state index in [2.05, 4.69) is 0 Å². The quantitative estimate of drug-likeness (QED) is 0.539. The number of nitrogens with zero attached hydrogens (tertiary/aromatic N) is 2. The first-order valence-electron chi connectivity index (χ1n) is 8.98. The molecule has 2 N–H and O–H groups in total. The zero-order chi connectivity index (χ0) is 20.3. The summed E-state index contributed by atoms with van der Waals surface area (Å²) in [6.07, 6.45) is 4.50. The molecular formula is C18H32N4O4. The maximum Gasteiger partial charge on any atom is 0.189 e. The molecule has 2 heterocycles. The molecule has 2 aliphatic heterocycles. The van der Waals surface area contributed by atoms with Gasteiger partial charge in [-0.2, -0.15) is 0 Å². The number of rotatable bonds is 3. The van der Waals surface area contributed by atoms with Crippen LogP contribution in [0.3, 0.4) is 0 Å². The highest BCUT2D eigenvalue weighted by Gasteiger charge is 2.60. The Morgan fingerprint density at radius 3 is 1.15 bits per heavy atom. The fraction of sp³-hybridized carbons (Fsp3) is 0.778. The SMILES string of the molecule is CC1(C)N([O])C(/C=C/C=C/C2N([O])C(C)(C)C(C)(C)[NH+]2[O-])[NH+]([O-])C1(C)C. The van der Waals surface area contributed by atoms with E-state index in [1.54, 1.807) is 67.5 Å². The van der Waals surface area contributed by atoms with Crippen LogP contribution in [-0.2, 0) is 10.4 Å². The Labute approximate surface area is 156 Å². The normalized spacial score (nSPS) is 39.4. The first-order chi connectivity index (χ1) is 11.6. The number of hydroxylamine groups is 8. The molecule has 0 bridgehead atoms. The zero-order valence-corrected chi connectivity index (χ0v) is 17.0. The van der Waals surface area contributed by atoms with Gasteiger partial charge in [-0.05, 0) is 67.5 Å². The smallest absolute Gasteiger partial charge is 0.189 e. The van der Waals surface area contributed by atoms with Crippen molar-refractivity contribution in [1.29, 1.82) is 0 Å².